The Morgan fingerprint density at radius 2 is 2.04 bits per heavy atom. The van der Waals surface area contributed by atoms with E-state index < -0.39 is 20.8 Å². The van der Waals surface area contributed by atoms with Crippen molar-refractivity contribution in [1.29, 1.82) is 0 Å². The molecule has 134 valence electrons. The number of aromatic nitrogens is 1. The van der Waals surface area contributed by atoms with Crippen LogP contribution in [0.4, 0.5) is 0 Å². The lowest BCUT2D eigenvalue weighted by Crippen LogP contribution is -2.46. The topological polar surface area (TPSA) is 111 Å². The maximum atomic E-state index is 13.1. The van der Waals surface area contributed by atoms with Gasteiger partial charge in [-0.1, -0.05) is 24.3 Å². The second-order valence-electron chi connectivity index (χ2n) is 6.85. The van der Waals surface area contributed by atoms with Crippen LogP contribution in [-0.4, -0.2) is 32.0 Å². The van der Waals surface area contributed by atoms with Gasteiger partial charge in [0, 0.05) is 36.9 Å². The third-order valence-electron chi connectivity index (χ3n) is 4.55. The first-order valence-corrected chi connectivity index (χ1v) is 9.87. The Morgan fingerprint density at radius 3 is 2.72 bits per heavy atom. The zero-order valence-corrected chi connectivity index (χ0v) is 15.1. The lowest BCUT2D eigenvalue weighted by Gasteiger charge is -2.26. The van der Waals surface area contributed by atoms with Gasteiger partial charge < -0.3 is 11.5 Å². The van der Waals surface area contributed by atoms with Gasteiger partial charge in [0.15, 0.2) is 9.84 Å². The second-order valence-corrected chi connectivity index (χ2v) is 8.88. The van der Waals surface area contributed by atoms with Crippen LogP contribution in [0.1, 0.15) is 29.1 Å². The molecule has 6 nitrogen and oxygen atoms in total. The monoisotopic (exact) mass is 360 g/mol. The first-order valence-electron chi connectivity index (χ1n) is 8.32. The standard InChI is InChI=1S/C18H24N4O2S/c1-18(20,12-19)10-14-6-7-15(11-22-14)25(23,24)17-16-5-3-2-4-13(16)8-9-21-17/h2-7,11,17,21H,8-10,12,19-20H2,1H3. The molecule has 0 saturated heterocycles. The summed E-state index contributed by atoms with van der Waals surface area (Å²) >= 11 is 0. The van der Waals surface area contributed by atoms with E-state index in [9.17, 15) is 8.42 Å². The molecule has 0 saturated carbocycles. The first kappa shape index (κ1) is 18.0. The van der Waals surface area contributed by atoms with Gasteiger partial charge in [-0.05, 0) is 36.6 Å². The molecule has 5 N–H and O–H groups in total. The quantitative estimate of drug-likeness (QED) is 0.731. The summed E-state index contributed by atoms with van der Waals surface area (Å²) < 4.78 is 26.1. The summed E-state index contributed by atoms with van der Waals surface area (Å²) in [7, 11) is -3.57. The van der Waals surface area contributed by atoms with Crippen LogP contribution in [0.25, 0.3) is 0 Å². The molecule has 0 bridgehead atoms. The SMILES string of the molecule is CC(N)(CN)Cc1ccc(S(=O)(=O)C2NCCc3ccccc32)cn1. The van der Waals surface area contributed by atoms with Crippen LogP contribution in [0.5, 0.6) is 0 Å². The lowest BCUT2D eigenvalue weighted by atomic mass is 9.97. The van der Waals surface area contributed by atoms with E-state index in [0.29, 0.717) is 19.5 Å². The molecular formula is C18H24N4O2S. The molecule has 2 unspecified atom stereocenters. The Balaban J connectivity index is 1.89. The molecule has 1 aliphatic rings. The Labute approximate surface area is 148 Å². The highest BCUT2D eigenvalue weighted by Crippen LogP contribution is 2.31. The molecule has 0 aliphatic carbocycles. The molecule has 0 spiro atoms. The van der Waals surface area contributed by atoms with E-state index in [0.717, 1.165) is 23.2 Å². The van der Waals surface area contributed by atoms with E-state index in [4.69, 9.17) is 11.5 Å². The highest BCUT2D eigenvalue weighted by molar-refractivity contribution is 7.91. The van der Waals surface area contributed by atoms with Crippen LogP contribution >= 0.6 is 0 Å². The number of fused-ring (bicyclic) bond motifs is 1. The molecule has 1 aromatic heterocycles. The predicted octanol–water partition coefficient (Wildman–Crippen LogP) is 0.918. The highest BCUT2D eigenvalue weighted by Gasteiger charge is 2.32. The van der Waals surface area contributed by atoms with Gasteiger partial charge in [0.25, 0.3) is 0 Å². The molecule has 0 radical (unpaired) electrons. The average Bonchev–Trinajstić information content (AvgIpc) is 2.61. The lowest BCUT2D eigenvalue weighted by molar-refractivity contribution is 0.472. The van der Waals surface area contributed by atoms with Crippen molar-refractivity contribution in [3.8, 4) is 0 Å². The van der Waals surface area contributed by atoms with Crippen molar-refractivity contribution in [3.63, 3.8) is 0 Å². The van der Waals surface area contributed by atoms with Crippen LogP contribution < -0.4 is 16.8 Å². The van der Waals surface area contributed by atoms with Crippen molar-refractivity contribution in [2.45, 2.75) is 35.6 Å². The zero-order chi connectivity index (χ0) is 18.1. The van der Waals surface area contributed by atoms with E-state index in [1.54, 1.807) is 12.1 Å². The number of nitrogens with two attached hydrogens (primary N) is 2. The number of pyridine rings is 1. The van der Waals surface area contributed by atoms with Gasteiger partial charge in [0.1, 0.15) is 5.37 Å². The molecule has 7 heteroatoms. The first-order chi connectivity index (χ1) is 11.8. The van der Waals surface area contributed by atoms with Gasteiger partial charge in [-0.3, -0.25) is 10.3 Å². The molecule has 2 heterocycles. The van der Waals surface area contributed by atoms with Crippen LogP contribution in [-0.2, 0) is 22.7 Å². The van der Waals surface area contributed by atoms with Gasteiger partial charge in [-0.25, -0.2) is 8.42 Å². The summed E-state index contributed by atoms with van der Waals surface area (Å²) in [5, 5.41) is 2.38. The maximum absolute atomic E-state index is 13.1. The fourth-order valence-corrected chi connectivity index (χ4v) is 4.68. The average molecular weight is 360 g/mol. The molecule has 25 heavy (non-hydrogen) atoms. The van der Waals surface area contributed by atoms with E-state index in [1.165, 1.54) is 6.20 Å². The van der Waals surface area contributed by atoms with Crippen molar-refractivity contribution < 1.29 is 8.42 Å². The summed E-state index contributed by atoms with van der Waals surface area (Å²) in [5.74, 6) is 0. The minimum absolute atomic E-state index is 0.205. The fraction of sp³-hybridized carbons (Fsp3) is 0.389. The third kappa shape index (κ3) is 3.74. The number of rotatable bonds is 5. The van der Waals surface area contributed by atoms with Crippen molar-refractivity contribution in [2.75, 3.05) is 13.1 Å². The number of benzene rings is 1. The van der Waals surface area contributed by atoms with E-state index in [1.807, 2.05) is 31.2 Å². The number of nitrogens with one attached hydrogen (secondary N) is 1. The summed E-state index contributed by atoms with van der Waals surface area (Å²) in [6.07, 6.45) is 2.73. The summed E-state index contributed by atoms with van der Waals surface area (Å²) in [6.45, 7) is 2.81. The molecule has 1 aromatic carbocycles. The van der Waals surface area contributed by atoms with Crippen molar-refractivity contribution in [3.05, 3.63) is 59.4 Å². The third-order valence-corrected chi connectivity index (χ3v) is 6.49. The van der Waals surface area contributed by atoms with E-state index in [-0.39, 0.29) is 4.90 Å². The van der Waals surface area contributed by atoms with E-state index >= 15 is 0 Å². The summed E-state index contributed by atoms with van der Waals surface area (Å²) in [5.41, 5.74) is 13.7. The minimum atomic E-state index is -3.57. The molecule has 1 aliphatic heterocycles. The molecule has 0 fully saturated rings. The largest absolute Gasteiger partial charge is 0.329 e. The summed E-state index contributed by atoms with van der Waals surface area (Å²) in [4.78, 5) is 4.49. The van der Waals surface area contributed by atoms with Gasteiger partial charge in [0.05, 0.1) is 4.90 Å². The predicted molar refractivity (Wildman–Crippen MR) is 97.7 cm³/mol. The number of nitrogens with zero attached hydrogens (tertiary/aromatic N) is 1. The second kappa shape index (κ2) is 6.84. The Kier molecular flexibility index (Phi) is 4.92. The van der Waals surface area contributed by atoms with Crippen molar-refractivity contribution >= 4 is 9.84 Å². The smallest absolute Gasteiger partial charge is 0.200 e. The van der Waals surface area contributed by atoms with Crippen molar-refractivity contribution in [2.24, 2.45) is 11.5 Å². The Hall–Kier alpha value is -1.80. The number of sulfone groups is 1. The van der Waals surface area contributed by atoms with Crippen LogP contribution in [0.3, 0.4) is 0 Å². The van der Waals surface area contributed by atoms with Crippen molar-refractivity contribution in [1.82, 2.24) is 10.3 Å². The Morgan fingerprint density at radius 1 is 1.28 bits per heavy atom. The van der Waals surface area contributed by atoms with Gasteiger partial charge >= 0.3 is 0 Å². The molecular weight excluding hydrogens is 336 g/mol. The number of hydrogen-bond acceptors (Lipinski definition) is 6. The van der Waals surface area contributed by atoms with E-state index in [2.05, 4.69) is 10.3 Å². The molecule has 2 aromatic rings. The molecule has 0 amide bonds. The van der Waals surface area contributed by atoms with Gasteiger partial charge in [-0.2, -0.15) is 0 Å². The van der Waals surface area contributed by atoms with Crippen LogP contribution in [0.15, 0.2) is 47.5 Å². The van der Waals surface area contributed by atoms with Crippen LogP contribution in [0.2, 0.25) is 0 Å². The highest BCUT2D eigenvalue weighted by atomic mass is 32.2. The zero-order valence-electron chi connectivity index (χ0n) is 14.3. The fourth-order valence-electron chi connectivity index (χ4n) is 3.05. The molecule has 2 atom stereocenters. The summed E-state index contributed by atoms with van der Waals surface area (Å²) in [6, 6.07) is 11.0. The Bertz CT molecular complexity index is 848. The normalized spacial score (nSPS) is 19.9. The maximum Gasteiger partial charge on any atom is 0.200 e. The molecule has 3 rings (SSSR count). The van der Waals surface area contributed by atoms with Crippen LogP contribution in [0, 0.1) is 0 Å². The number of hydrogen-bond donors (Lipinski definition) is 3. The van der Waals surface area contributed by atoms with Gasteiger partial charge in [0.2, 0.25) is 0 Å². The van der Waals surface area contributed by atoms with Gasteiger partial charge in [-0.15, -0.1) is 0 Å². The minimum Gasteiger partial charge on any atom is -0.329 e.